The normalized spacial score (nSPS) is 18.9. The predicted octanol–water partition coefficient (Wildman–Crippen LogP) is 4.67. The third kappa shape index (κ3) is 3.83. The zero-order valence-electron chi connectivity index (χ0n) is 16.5. The van der Waals surface area contributed by atoms with E-state index in [9.17, 15) is 4.79 Å². The zero-order chi connectivity index (χ0) is 18.9. The summed E-state index contributed by atoms with van der Waals surface area (Å²) in [7, 11) is 0. The molecule has 3 heteroatoms. The molecule has 0 saturated carbocycles. The summed E-state index contributed by atoms with van der Waals surface area (Å²) in [5, 5.41) is 0. The van der Waals surface area contributed by atoms with Crippen molar-refractivity contribution >= 4 is 5.97 Å². The molecule has 0 bridgehead atoms. The Morgan fingerprint density at radius 2 is 1.69 bits per heavy atom. The second-order valence-electron chi connectivity index (χ2n) is 8.16. The van der Waals surface area contributed by atoms with Gasteiger partial charge in [0.1, 0.15) is 11.6 Å². The molecule has 26 heavy (non-hydrogen) atoms. The van der Waals surface area contributed by atoms with Crippen LogP contribution in [0.1, 0.15) is 56.0 Å². The van der Waals surface area contributed by atoms with E-state index in [1.807, 2.05) is 27.7 Å². The molecule has 0 fully saturated rings. The SMILES string of the molecule is Cc1ccccc1C1c2ccccc2CCN1C(C)C(=O)OC(C)(C)C. The Bertz CT molecular complexity index is 791. The van der Waals surface area contributed by atoms with Crippen molar-refractivity contribution in [1.82, 2.24) is 4.90 Å². The summed E-state index contributed by atoms with van der Waals surface area (Å²) in [6.45, 7) is 10.7. The van der Waals surface area contributed by atoms with E-state index in [2.05, 4.69) is 60.4 Å². The van der Waals surface area contributed by atoms with E-state index < -0.39 is 5.60 Å². The van der Waals surface area contributed by atoms with Gasteiger partial charge in [-0.25, -0.2) is 0 Å². The molecule has 2 unspecified atom stereocenters. The van der Waals surface area contributed by atoms with Crippen molar-refractivity contribution in [3.05, 3.63) is 70.8 Å². The standard InChI is InChI=1S/C23H29NO2/c1-16-10-6-8-12-19(16)21-20-13-9-7-11-18(20)14-15-24(21)17(2)22(25)26-23(3,4)5/h6-13,17,21H,14-15H2,1-5H3. The number of ether oxygens (including phenoxy) is 1. The molecule has 138 valence electrons. The molecule has 0 aromatic heterocycles. The highest BCUT2D eigenvalue weighted by Crippen LogP contribution is 2.38. The Balaban J connectivity index is 2.02. The van der Waals surface area contributed by atoms with Crippen LogP contribution in [0.4, 0.5) is 0 Å². The first-order valence-corrected chi connectivity index (χ1v) is 9.40. The molecule has 2 aromatic rings. The molecular formula is C23H29NO2. The lowest BCUT2D eigenvalue weighted by Gasteiger charge is -2.41. The third-order valence-electron chi connectivity index (χ3n) is 5.05. The molecule has 2 atom stereocenters. The van der Waals surface area contributed by atoms with Gasteiger partial charge in [0.25, 0.3) is 0 Å². The largest absolute Gasteiger partial charge is 0.459 e. The van der Waals surface area contributed by atoms with Crippen LogP contribution in [0.15, 0.2) is 48.5 Å². The number of hydrogen-bond acceptors (Lipinski definition) is 3. The second-order valence-corrected chi connectivity index (χ2v) is 8.16. The minimum absolute atomic E-state index is 0.0728. The highest BCUT2D eigenvalue weighted by molar-refractivity contribution is 5.76. The first kappa shape index (κ1) is 18.7. The van der Waals surface area contributed by atoms with E-state index in [-0.39, 0.29) is 18.1 Å². The maximum atomic E-state index is 12.8. The van der Waals surface area contributed by atoms with Crippen LogP contribution in [-0.2, 0) is 16.0 Å². The van der Waals surface area contributed by atoms with Crippen molar-refractivity contribution in [3.8, 4) is 0 Å². The molecule has 3 rings (SSSR count). The van der Waals surface area contributed by atoms with E-state index in [4.69, 9.17) is 4.74 Å². The summed E-state index contributed by atoms with van der Waals surface area (Å²) in [6, 6.07) is 16.8. The summed E-state index contributed by atoms with van der Waals surface area (Å²) >= 11 is 0. The first-order chi connectivity index (χ1) is 12.3. The highest BCUT2D eigenvalue weighted by Gasteiger charge is 2.36. The van der Waals surface area contributed by atoms with Crippen molar-refractivity contribution < 1.29 is 9.53 Å². The number of benzene rings is 2. The molecule has 0 amide bonds. The van der Waals surface area contributed by atoms with E-state index in [0.717, 1.165) is 13.0 Å². The highest BCUT2D eigenvalue weighted by atomic mass is 16.6. The summed E-state index contributed by atoms with van der Waals surface area (Å²) < 4.78 is 5.67. The van der Waals surface area contributed by atoms with Gasteiger partial charge in [-0.2, -0.15) is 0 Å². The maximum Gasteiger partial charge on any atom is 0.323 e. The maximum absolute atomic E-state index is 12.8. The Morgan fingerprint density at radius 1 is 1.08 bits per heavy atom. The van der Waals surface area contributed by atoms with Gasteiger partial charge in [-0.3, -0.25) is 9.69 Å². The van der Waals surface area contributed by atoms with Gasteiger partial charge in [0.15, 0.2) is 0 Å². The van der Waals surface area contributed by atoms with Crippen molar-refractivity contribution in [2.75, 3.05) is 6.54 Å². The third-order valence-corrected chi connectivity index (χ3v) is 5.05. The average Bonchev–Trinajstić information content (AvgIpc) is 2.59. The van der Waals surface area contributed by atoms with Gasteiger partial charge in [-0.15, -0.1) is 0 Å². The van der Waals surface area contributed by atoms with Crippen LogP contribution in [0.2, 0.25) is 0 Å². The van der Waals surface area contributed by atoms with Crippen LogP contribution in [0, 0.1) is 6.92 Å². The van der Waals surface area contributed by atoms with E-state index in [0.29, 0.717) is 0 Å². The quantitative estimate of drug-likeness (QED) is 0.753. The molecule has 1 aliphatic heterocycles. The molecule has 1 aliphatic rings. The van der Waals surface area contributed by atoms with E-state index in [1.165, 1.54) is 22.3 Å². The predicted molar refractivity (Wildman–Crippen MR) is 105 cm³/mol. The number of esters is 1. The number of carbonyl (C=O) groups is 1. The van der Waals surface area contributed by atoms with Gasteiger partial charge in [-0.05, 0) is 63.3 Å². The van der Waals surface area contributed by atoms with Crippen LogP contribution < -0.4 is 0 Å². The number of rotatable bonds is 3. The van der Waals surface area contributed by atoms with Gasteiger partial charge in [0.05, 0.1) is 6.04 Å². The Morgan fingerprint density at radius 3 is 2.35 bits per heavy atom. The Labute approximate surface area is 157 Å². The summed E-state index contributed by atoms with van der Waals surface area (Å²) in [4.78, 5) is 15.1. The van der Waals surface area contributed by atoms with Gasteiger partial charge < -0.3 is 4.74 Å². The smallest absolute Gasteiger partial charge is 0.323 e. The molecular weight excluding hydrogens is 322 g/mol. The number of aryl methyl sites for hydroxylation is 1. The van der Waals surface area contributed by atoms with Gasteiger partial charge >= 0.3 is 5.97 Å². The van der Waals surface area contributed by atoms with E-state index in [1.54, 1.807) is 0 Å². The first-order valence-electron chi connectivity index (χ1n) is 9.40. The van der Waals surface area contributed by atoms with E-state index >= 15 is 0 Å². The van der Waals surface area contributed by atoms with Crippen molar-refractivity contribution in [1.29, 1.82) is 0 Å². The summed E-state index contributed by atoms with van der Waals surface area (Å²) in [5.41, 5.74) is 4.69. The molecule has 2 aromatic carbocycles. The summed E-state index contributed by atoms with van der Waals surface area (Å²) in [5.74, 6) is -0.157. The fraction of sp³-hybridized carbons (Fsp3) is 0.435. The lowest BCUT2D eigenvalue weighted by Crippen LogP contribution is -2.47. The fourth-order valence-corrected chi connectivity index (χ4v) is 3.77. The van der Waals surface area contributed by atoms with Crippen LogP contribution in [0.3, 0.4) is 0 Å². The average molecular weight is 351 g/mol. The van der Waals surface area contributed by atoms with Gasteiger partial charge in [0, 0.05) is 6.54 Å². The number of nitrogens with zero attached hydrogens (tertiary/aromatic N) is 1. The van der Waals surface area contributed by atoms with Crippen LogP contribution in [0.5, 0.6) is 0 Å². The molecule has 0 spiro atoms. The lowest BCUT2D eigenvalue weighted by molar-refractivity contribution is -0.161. The molecule has 3 nitrogen and oxygen atoms in total. The molecule has 0 N–H and O–H groups in total. The van der Waals surface area contributed by atoms with Crippen LogP contribution in [-0.4, -0.2) is 29.1 Å². The Kier molecular flexibility index (Phi) is 5.19. The molecule has 0 saturated heterocycles. The summed E-state index contributed by atoms with van der Waals surface area (Å²) in [6.07, 6.45) is 0.950. The van der Waals surface area contributed by atoms with Crippen molar-refractivity contribution in [3.63, 3.8) is 0 Å². The zero-order valence-corrected chi connectivity index (χ0v) is 16.5. The minimum Gasteiger partial charge on any atom is -0.459 e. The van der Waals surface area contributed by atoms with Crippen molar-refractivity contribution in [2.45, 2.75) is 58.7 Å². The van der Waals surface area contributed by atoms with Gasteiger partial charge in [-0.1, -0.05) is 48.5 Å². The number of hydrogen-bond donors (Lipinski definition) is 0. The second kappa shape index (κ2) is 7.24. The topological polar surface area (TPSA) is 29.5 Å². The molecule has 0 radical (unpaired) electrons. The van der Waals surface area contributed by atoms with Crippen molar-refractivity contribution in [2.24, 2.45) is 0 Å². The van der Waals surface area contributed by atoms with Crippen LogP contribution >= 0.6 is 0 Å². The Hall–Kier alpha value is -2.13. The number of carbonyl (C=O) groups excluding carboxylic acids is 1. The fourth-order valence-electron chi connectivity index (χ4n) is 3.77. The van der Waals surface area contributed by atoms with Gasteiger partial charge in [0.2, 0.25) is 0 Å². The molecule has 1 heterocycles. The monoisotopic (exact) mass is 351 g/mol. The molecule has 0 aliphatic carbocycles. The minimum atomic E-state index is -0.475. The number of fused-ring (bicyclic) bond motifs is 1. The van der Waals surface area contributed by atoms with Crippen LogP contribution in [0.25, 0.3) is 0 Å². The lowest BCUT2D eigenvalue weighted by atomic mass is 9.85.